The van der Waals surface area contributed by atoms with Crippen LogP contribution in [-0.4, -0.2) is 34.4 Å². The number of rotatable bonds is 7. The van der Waals surface area contributed by atoms with E-state index in [0.717, 1.165) is 17.7 Å². The molecule has 0 aliphatic heterocycles. The van der Waals surface area contributed by atoms with Crippen molar-refractivity contribution in [2.45, 2.75) is 6.92 Å². The molecule has 0 spiro atoms. The van der Waals surface area contributed by atoms with Crippen LogP contribution in [0.5, 0.6) is 17.2 Å². The number of methoxy groups -OCH3 is 2. The molecule has 1 rings (SSSR count). The molecule has 0 aliphatic rings. The Morgan fingerprint density at radius 3 is 2.22 bits per heavy atom. The molecule has 0 aliphatic carbocycles. The van der Waals surface area contributed by atoms with Crippen LogP contribution < -0.4 is 19.5 Å². The van der Waals surface area contributed by atoms with E-state index >= 15 is 0 Å². The predicted octanol–water partition coefficient (Wildman–Crippen LogP) is 2.17. The van der Waals surface area contributed by atoms with E-state index in [1.165, 1.54) is 0 Å². The van der Waals surface area contributed by atoms with Gasteiger partial charge in [-0.1, -0.05) is 6.58 Å². The number of hydrogen-bond acceptors (Lipinski definition) is 4. The Hall–Kier alpha value is -1.68. The van der Waals surface area contributed by atoms with E-state index in [4.69, 9.17) is 14.2 Å². The van der Waals surface area contributed by atoms with Gasteiger partial charge in [0, 0.05) is 6.54 Å². The highest BCUT2D eigenvalue weighted by molar-refractivity contribution is 5.53. The van der Waals surface area contributed by atoms with Gasteiger partial charge >= 0.3 is 0 Å². The van der Waals surface area contributed by atoms with Gasteiger partial charge in [0.1, 0.15) is 6.61 Å². The average molecular weight is 251 g/mol. The third-order valence-electron chi connectivity index (χ3n) is 2.45. The Morgan fingerprint density at radius 1 is 1.22 bits per heavy atom. The van der Waals surface area contributed by atoms with Gasteiger partial charge in [0.25, 0.3) is 0 Å². The zero-order chi connectivity index (χ0) is 13.5. The van der Waals surface area contributed by atoms with Crippen molar-refractivity contribution in [2.75, 3.05) is 34.4 Å². The summed E-state index contributed by atoms with van der Waals surface area (Å²) in [5, 5.41) is 3.03. The maximum absolute atomic E-state index is 5.73. The van der Waals surface area contributed by atoms with Crippen LogP contribution >= 0.6 is 0 Å². The summed E-state index contributed by atoms with van der Waals surface area (Å²) in [5.41, 5.74) is 2.02. The van der Waals surface area contributed by atoms with Crippen molar-refractivity contribution < 1.29 is 14.2 Å². The second kappa shape index (κ2) is 6.91. The van der Waals surface area contributed by atoms with Crippen LogP contribution in [0.25, 0.3) is 0 Å². The van der Waals surface area contributed by atoms with Gasteiger partial charge in [0.2, 0.25) is 5.75 Å². The second-order valence-electron chi connectivity index (χ2n) is 4.07. The lowest BCUT2D eigenvalue weighted by Gasteiger charge is -2.16. The summed E-state index contributed by atoms with van der Waals surface area (Å²) in [6, 6.07) is 3.83. The number of hydrogen-bond donors (Lipinski definition) is 1. The summed E-state index contributed by atoms with van der Waals surface area (Å²) < 4.78 is 16.4. The molecule has 1 N–H and O–H groups in total. The Balaban J connectivity index is 2.88. The summed E-state index contributed by atoms with van der Waals surface area (Å²) in [7, 11) is 5.10. The summed E-state index contributed by atoms with van der Waals surface area (Å²) in [4.78, 5) is 0. The number of ether oxygens (including phenoxy) is 3. The largest absolute Gasteiger partial charge is 0.493 e. The topological polar surface area (TPSA) is 39.7 Å². The van der Waals surface area contributed by atoms with Crippen LogP contribution in [0.4, 0.5) is 0 Å². The van der Waals surface area contributed by atoms with Crippen molar-refractivity contribution in [1.82, 2.24) is 5.32 Å². The van der Waals surface area contributed by atoms with E-state index in [2.05, 4.69) is 11.9 Å². The number of aryl methyl sites for hydroxylation is 1. The molecule has 0 saturated carbocycles. The minimum Gasteiger partial charge on any atom is -0.493 e. The quantitative estimate of drug-likeness (QED) is 0.754. The first-order valence-corrected chi connectivity index (χ1v) is 5.79. The number of nitrogens with one attached hydrogen (secondary N) is 1. The molecule has 0 fully saturated rings. The van der Waals surface area contributed by atoms with Crippen molar-refractivity contribution in [3.8, 4) is 17.2 Å². The van der Waals surface area contributed by atoms with E-state index in [1.54, 1.807) is 14.2 Å². The third-order valence-corrected chi connectivity index (χ3v) is 2.45. The van der Waals surface area contributed by atoms with Gasteiger partial charge in [-0.05, 0) is 37.2 Å². The molecule has 0 aromatic heterocycles. The van der Waals surface area contributed by atoms with E-state index in [0.29, 0.717) is 23.9 Å². The summed E-state index contributed by atoms with van der Waals surface area (Å²) in [6.45, 7) is 7.05. The van der Waals surface area contributed by atoms with Crippen LogP contribution in [0, 0.1) is 6.92 Å². The molecule has 0 unspecified atom stereocenters. The maximum Gasteiger partial charge on any atom is 0.203 e. The molecule has 0 amide bonds. The molecule has 18 heavy (non-hydrogen) atoms. The fraction of sp³-hybridized carbons (Fsp3) is 0.429. The molecular weight excluding hydrogens is 230 g/mol. The molecule has 0 bridgehead atoms. The van der Waals surface area contributed by atoms with Crippen LogP contribution in [0.2, 0.25) is 0 Å². The fourth-order valence-corrected chi connectivity index (χ4v) is 1.63. The molecular formula is C14H21NO3. The zero-order valence-electron chi connectivity index (χ0n) is 11.5. The molecule has 4 nitrogen and oxygen atoms in total. The Morgan fingerprint density at radius 2 is 1.78 bits per heavy atom. The van der Waals surface area contributed by atoms with Gasteiger partial charge < -0.3 is 19.5 Å². The highest BCUT2D eigenvalue weighted by Gasteiger charge is 2.13. The normalized spacial score (nSPS) is 10.0. The Labute approximate surface area is 109 Å². The predicted molar refractivity (Wildman–Crippen MR) is 72.8 cm³/mol. The molecule has 0 heterocycles. The average Bonchev–Trinajstić information content (AvgIpc) is 2.36. The Bertz CT molecular complexity index is 390. The van der Waals surface area contributed by atoms with Gasteiger partial charge in [0.05, 0.1) is 14.2 Å². The zero-order valence-corrected chi connectivity index (χ0v) is 11.5. The standard InChI is InChI=1S/C14H21NO3/c1-10-6-12(16-4)14(13(7-10)17-5)18-9-11(2)8-15-3/h6-7,15H,2,8-9H2,1,3-5H3. The van der Waals surface area contributed by atoms with Crippen molar-refractivity contribution in [3.05, 3.63) is 29.8 Å². The Kier molecular flexibility index (Phi) is 5.52. The maximum atomic E-state index is 5.73. The van der Waals surface area contributed by atoms with E-state index in [-0.39, 0.29) is 0 Å². The van der Waals surface area contributed by atoms with E-state index in [1.807, 2.05) is 26.1 Å². The van der Waals surface area contributed by atoms with Crippen LogP contribution in [0.15, 0.2) is 24.3 Å². The monoisotopic (exact) mass is 251 g/mol. The van der Waals surface area contributed by atoms with Gasteiger partial charge in [-0.2, -0.15) is 0 Å². The van der Waals surface area contributed by atoms with Crippen molar-refractivity contribution >= 4 is 0 Å². The number of benzene rings is 1. The number of likely N-dealkylation sites (N-methyl/N-ethyl adjacent to an activating group) is 1. The van der Waals surface area contributed by atoms with Crippen LogP contribution in [0.1, 0.15) is 5.56 Å². The van der Waals surface area contributed by atoms with Crippen LogP contribution in [0.3, 0.4) is 0 Å². The summed E-state index contributed by atoms with van der Waals surface area (Å²) in [6.07, 6.45) is 0. The lowest BCUT2D eigenvalue weighted by Crippen LogP contribution is -2.15. The fourth-order valence-electron chi connectivity index (χ4n) is 1.63. The molecule has 100 valence electrons. The molecule has 4 heteroatoms. The van der Waals surface area contributed by atoms with Crippen molar-refractivity contribution in [2.24, 2.45) is 0 Å². The van der Waals surface area contributed by atoms with E-state index in [9.17, 15) is 0 Å². The summed E-state index contributed by atoms with van der Waals surface area (Å²) >= 11 is 0. The second-order valence-corrected chi connectivity index (χ2v) is 4.07. The first-order chi connectivity index (χ1) is 8.62. The first kappa shape index (κ1) is 14.4. The van der Waals surface area contributed by atoms with Crippen LogP contribution in [-0.2, 0) is 0 Å². The summed E-state index contributed by atoms with van der Waals surface area (Å²) in [5.74, 6) is 1.95. The first-order valence-electron chi connectivity index (χ1n) is 5.79. The smallest absolute Gasteiger partial charge is 0.203 e. The minimum absolute atomic E-state index is 0.427. The SMILES string of the molecule is C=C(CNC)COc1c(OC)cc(C)cc1OC. The van der Waals surface area contributed by atoms with Gasteiger partial charge in [-0.25, -0.2) is 0 Å². The lowest BCUT2D eigenvalue weighted by molar-refractivity contribution is 0.293. The third kappa shape index (κ3) is 3.67. The molecule has 0 saturated heterocycles. The molecule has 1 aromatic carbocycles. The van der Waals surface area contributed by atoms with E-state index < -0.39 is 0 Å². The van der Waals surface area contributed by atoms with Crippen molar-refractivity contribution in [1.29, 1.82) is 0 Å². The van der Waals surface area contributed by atoms with Gasteiger partial charge in [-0.3, -0.25) is 0 Å². The molecule has 0 radical (unpaired) electrons. The van der Waals surface area contributed by atoms with Crippen molar-refractivity contribution in [3.63, 3.8) is 0 Å². The lowest BCUT2D eigenvalue weighted by atomic mass is 10.2. The highest BCUT2D eigenvalue weighted by Crippen LogP contribution is 2.38. The highest BCUT2D eigenvalue weighted by atomic mass is 16.5. The van der Waals surface area contributed by atoms with Gasteiger partial charge in [-0.15, -0.1) is 0 Å². The van der Waals surface area contributed by atoms with Gasteiger partial charge in [0.15, 0.2) is 11.5 Å². The minimum atomic E-state index is 0.427. The molecule has 1 aromatic rings. The molecule has 0 atom stereocenters.